The fraction of sp³-hybridized carbons (Fsp3) is 0.125. The summed E-state index contributed by atoms with van der Waals surface area (Å²) in [5.74, 6) is 1.08. The summed E-state index contributed by atoms with van der Waals surface area (Å²) in [6, 6.07) is 18.5. The lowest BCUT2D eigenvalue weighted by Gasteiger charge is -2.13. The highest BCUT2D eigenvalue weighted by Crippen LogP contribution is 2.35. The number of halogens is 2. The summed E-state index contributed by atoms with van der Waals surface area (Å²) >= 11 is 12.2. The summed E-state index contributed by atoms with van der Waals surface area (Å²) in [6.07, 6.45) is 1.85. The smallest absolute Gasteiger partial charge is 0.256 e. The molecule has 30 heavy (non-hydrogen) atoms. The molecular weight excluding hydrogens is 421 g/mol. The molecule has 1 N–H and O–H groups in total. The molecule has 0 bridgehead atoms. The van der Waals surface area contributed by atoms with Crippen molar-refractivity contribution >= 4 is 46.4 Å². The molecule has 0 aromatic heterocycles. The van der Waals surface area contributed by atoms with Crippen LogP contribution in [0.3, 0.4) is 0 Å². The van der Waals surface area contributed by atoms with Crippen LogP contribution in [0.15, 0.2) is 60.7 Å². The van der Waals surface area contributed by atoms with Crippen LogP contribution in [-0.4, -0.2) is 12.5 Å². The Hall–Kier alpha value is -2.95. The molecule has 0 unspecified atom stereocenters. The Balaban J connectivity index is 1.60. The molecule has 4 nitrogen and oxygen atoms in total. The number of hydrogen-bond donors (Lipinski definition) is 1. The molecule has 152 valence electrons. The molecule has 1 heterocycles. The Bertz CT molecular complexity index is 1140. The molecule has 0 saturated heterocycles. The van der Waals surface area contributed by atoms with Gasteiger partial charge in [-0.15, -0.1) is 0 Å². The lowest BCUT2D eigenvalue weighted by atomic mass is 10.0. The summed E-state index contributed by atoms with van der Waals surface area (Å²) in [5, 5.41) is 4.01. The Morgan fingerprint density at radius 3 is 2.60 bits per heavy atom. The van der Waals surface area contributed by atoms with E-state index in [4.69, 9.17) is 32.7 Å². The number of carbonyl (C=O) groups excluding carboxylic acids is 1. The third-order valence-corrected chi connectivity index (χ3v) is 5.27. The third-order valence-electron chi connectivity index (χ3n) is 4.69. The molecule has 0 atom stereocenters. The van der Waals surface area contributed by atoms with Gasteiger partial charge < -0.3 is 14.8 Å². The molecule has 1 aliphatic rings. The van der Waals surface area contributed by atoms with Gasteiger partial charge in [-0.1, -0.05) is 53.5 Å². The van der Waals surface area contributed by atoms with Crippen LogP contribution in [0.5, 0.6) is 11.5 Å². The van der Waals surface area contributed by atoms with Gasteiger partial charge in [-0.3, -0.25) is 4.79 Å². The number of rotatable bonds is 6. The SMILES string of the molecule is CCOc1cc(/C=C2\C(=O)Nc3ccccc32)ccc1OCc1ccc(Cl)cc1Cl. The summed E-state index contributed by atoms with van der Waals surface area (Å²) < 4.78 is 11.7. The largest absolute Gasteiger partial charge is 0.490 e. The first kappa shape index (κ1) is 20.3. The lowest BCUT2D eigenvalue weighted by Crippen LogP contribution is -2.03. The topological polar surface area (TPSA) is 47.6 Å². The molecule has 0 saturated carbocycles. The Labute approximate surface area is 185 Å². The minimum absolute atomic E-state index is 0.119. The summed E-state index contributed by atoms with van der Waals surface area (Å²) in [6.45, 7) is 2.68. The zero-order valence-corrected chi connectivity index (χ0v) is 17.8. The van der Waals surface area contributed by atoms with Gasteiger partial charge in [-0.2, -0.15) is 0 Å². The molecule has 4 rings (SSSR count). The van der Waals surface area contributed by atoms with E-state index in [1.807, 2.05) is 61.5 Å². The van der Waals surface area contributed by atoms with E-state index in [0.717, 1.165) is 22.4 Å². The van der Waals surface area contributed by atoms with Crippen LogP contribution in [-0.2, 0) is 11.4 Å². The Morgan fingerprint density at radius 1 is 0.967 bits per heavy atom. The van der Waals surface area contributed by atoms with E-state index < -0.39 is 0 Å². The predicted octanol–water partition coefficient (Wildman–Crippen LogP) is 6.46. The van der Waals surface area contributed by atoms with Crippen molar-refractivity contribution in [1.82, 2.24) is 0 Å². The molecule has 3 aromatic rings. The quantitative estimate of drug-likeness (QED) is 0.448. The van der Waals surface area contributed by atoms with Crippen LogP contribution < -0.4 is 14.8 Å². The monoisotopic (exact) mass is 439 g/mol. The van der Waals surface area contributed by atoms with E-state index in [0.29, 0.717) is 33.7 Å². The van der Waals surface area contributed by atoms with E-state index in [-0.39, 0.29) is 12.5 Å². The van der Waals surface area contributed by atoms with Gasteiger partial charge in [0.05, 0.1) is 6.61 Å². The molecule has 0 radical (unpaired) electrons. The number of para-hydroxylation sites is 1. The average molecular weight is 440 g/mol. The third kappa shape index (κ3) is 4.30. The minimum Gasteiger partial charge on any atom is -0.490 e. The van der Waals surface area contributed by atoms with Crippen molar-refractivity contribution in [3.8, 4) is 11.5 Å². The number of nitrogens with one attached hydrogen (secondary N) is 1. The van der Waals surface area contributed by atoms with Gasteiger partial charge in [-0.05, 0) is 48.9 Å². The summed E-state index contributed by atoms with van der Waals surface area (Å²) in [5.41, 5.74) is 4.00. The zero-order chi connectivity index (χ0) is 21.1. The van der Waals surface area contributed by atoms with Crippen LogP contribution in [0, 0.1) is 0 Å². The van der Waals surface area contributed by atoms with Gasteiger partial charge in [0, 0.05) is 32.4 Å². The predicted molar refractivity (Wildman–Crippen MR) is 121 cm³/mol. The summed E-state index contributed by atoms with van der Waals surface area (Å²) in [7, 11) is 0. The van der Waals surface area contributed by atoms with Crippen LogP contribution >= 0.6 is 23.2 Å². The molecule has 1 aliphatic heterocycles. The summed E-state index contributed by atoms with van der Waals surface area (Å²) in [4.78, 5) is 12.4. The maximum Gasteiger partial charge on any atom is 0.256 e. The van der Waals surface area contributed by atoms with E-state index >= 15 is 0 Å². The molecule has 6 heteroatoms. The number of anilines is 1. The fourth-order valence-electron chi connectivity index (χ4n) is 3.25. The van der Waals surface area contributed by atoms with Gasteiger partial charge in [0.25, 0.3) is 5.91 Å². The first-order valence-corrected chi connectivity index (χ1v) is 10.3. The maximum atomic E-state index is 12.4. The van der Waals surface area contributed by atoms with Crippen LogP contribution in [0.4, 0.5) is 5.69 Å². The molecule has 0 spiro atoms. The molecular formula is C24H19Cl2NO3. The van der Waals surface area contributed by atoms with Gasteiger partial charge in [0.1, 0.15) is 6.61 Å². The molecule has 1 amide bonds. The highest BCUT2D eigenvalue weighted by Gasteiger charge is 2.23. The number of fused-ring (bicyclic) bond motifs is 1. The van der Waals surface area contributed by atoms with Crippen molar-refractivity contribution in [2.45, 2.75) is 13.5 Å². The van der Waals surface area contributed by atoms with Crippen LogP contribution in [0.25, 0.3) is 11.6 Å². The van der Waals surface area contributed by atoms with Crippen LogP contribution in [0.2, 0.25) is 10.0 Å². The second-order valence-electron chi connectivity index (χ2n) is 6.72. The fourth-order valence-corrected chi connectivity index (χ4v) is 3.71. The van der Waals surface area contributed by atoms with Crippen molar-refractivity contribution in [2.24, 2.45) is 0 Å². The Kier molecular flexibility index (Phi) is 5.98. The molecule has 0 fully saturated rings. The van der Waals surface area contributed by atoms with Crippen molar-refractivity contribution in [1.29, 1.82) is 0 Å². The number of carbonyl (C=O) groups is 1. The normalized spacial score (nSPS) is 13.8. The minimum atomic E-state index is -0.119. The molecule has 0 aliphatic carbocycles. The molecule has 3 aromatic carbocycles. The van der Waals surface area contributed by atoms with Gasteiger partial charge in [-0.25, -0.2) is 0 Å². The van der Waals surface area contributed by atoms with E-state index in [1.54, 1.807) is 12.1 Å². The maximum absolute atomic E-state index is 12.4. The second kappa shape index (κ2) is 8.82. The van der Waals surface area contributed by atoms with E-state index in [2.05, 4.69) is 5.32 Å². The number of hydrogen-bond acceptors (Lipinski definition) is 3. The van der Waals surface area contributed by atoms with Crippen molar-refractivity contribution in [3.63, 3.8) is 0 Å². The highest BCUT2D eigenvalue weighted by molar-refractivity contribution is 6.35. The Morgan fingerprint density at radius 2 is 1.80 bits per heavy atom. The van der Waals surface area contributed by atoms with Gasteiger partial charge in [0.15, 0.2) is 11.5 Å². The zero-order valence-electron chi connectivity index (χ0n) is 16.2. The van der Waals surface area contributed by atoms with Gasteiger partial charge >= 0.3 is 0 Å². The second-order valence-corrected chi connectivity index (χ2v) is 7.56. The lowest BCUT2D eigenvalue weighted by molar-refractivity contribution is -0.110. The highest BCUT2D eigenvalue weighted by atomic mass is 35.5. The first-order valence-electron chi connectivity index (χ1n) is 9.51. The number of ether oxygens (including phenoxy) is 2. The van der Waals surface area contributed by atoms with Crippen molar-refractivity contribution in [2.75, 3.05) is 11.9 Å². The van der Waals surface area contributed by atoms with E-state index in [1.165, 1.54) is 0 Å². The van der Waals surface area contributed by atoms with Crippen LogP contribution in [0.1, 0.15) is 23.6 Å². The van der Waals surface area contributed by atoms with Crippen molar-refractivity contribution < 1.29 is 14.3 Å². The number of benzene rings is 3. The number of amides is 1. The van der Waals surface area contributed by atoms with Gasteiger partial charge in [0.2, 0.25) is 0 Å². The first-order chi connectivity index (χ1) is 14.5. The van der Waals surface area contributed by atoms with Crippen molar-refractivity contribution in [3.05, 3.63) is 87.4 Å². The van der Waals surface area contributed by atoms with E-state index in [9.17, 15) is 4.79 Å². The standard InChI is InChI=1S/C24H19Cl2NO3/c1-2-29-23-12-15(11-19-18-5-3-4-6-21(18)27-24(19)28)7-10-22(23)30-14-16-8-9-17(25)13-20(16)26/h3-13H,2,14H2,1H3,(H,27,28)/b19-11-. The average Bonchev–Trinajstić information content (AvgIpc) is 3.04.